The number of hydrogen-bond donors (Lipinski definition) is 2. The summed E-state index contributed by atoms with van der Waals surface area (Å²) < 4.78 is 0. The smallest absolute Gasteiger partial charge is 0.317 e. The SMILES string of the molecule is Cc1cc(CCNC(=O)N2CC[C@H](O)CC(C)(C)C2)ccc1Cl. The molecule has 1 heterocycles. The number of aliphatic hydroxyl groups excluding tert-OH is 1. The zero-order chi connectivity index (χ0) is 17.0. The fraction of sp³-hybridized carbons (Fsp3) is 0.611. The third-order valence-electron chi connectivity index (χ3n) is 4.34. The Balaban J connectivity index is 1.85. The number of nitrogens with zero attached hydrogens (tertiary/aromatic N) is 1. The van der Waals surface area contributed by atoms with Crippen LogP contribution in [0.4, 0.5) is 4.79 Å². The van der Waals surface area contributed by atoms with Gasteiger partial charge in [-0.05, 0) is 48.8 Å². The van der Waals surface area contributed by atoms with Crippen LogP contribution in [0.1, 0.15) is 37.8 Å². The molecule has 0 aromatic heterocycles. The highest BCUT2D eigenvalue weighted by Crippen LogP contribution is 2.28. The molecule has 5 heteroatoms. The third-order valence-corrected chi connectivity index (χ3v) is 4.76. The van der Waals surface area contributed by atoms with Crippen molar-refractivity contribution >= 4 is 17.6 Å². The van der Waals surface area contributed by atoms with Gasteiger partial charge in [0.15, 0.2) is 0 Å². The Morgan fingerprint density at radius 1 is 1.48 bits per heavy atom. The number of rotatable bonds is 3. The quantitative estimate of drug-likeness (QED) is 0.887. The van der Waals surface area contributed by atoms with E-state index in [1.54, 1.807) is 0 Å². The summed E-state index contributed by atoms with van der Waals surface area (Å²) in [5, 5.41) is 13.7. The summed E-state index contributed by atoms with van der Waals surface area (Å²) in [5.41, 5.74) is 2.16. The van der Waals surface area contributed by atoms with E-state index in [-0.39, 0.29) is 17.6 Å². The number of carbonyl (C=O) groups excluding carboxylic acids is 1. The topological polar surface area (TPSA) is 52.6 Å². The second-order valence-corrected chi connectivity index (χ2v) is 7.71. The van der Waals surface area contributed by atoms with Crippen molar-refractivity contribution in [2.24, 2.45) is 5.41 Å². The largest absolute Gasteiger partial charge is 0.393 e. The lowest BCUT2D eigenvalue weighted by Gasteiger charge is -2.29. The summed E-state index contributed by atoms with van der Waals surface area (Å²) in [5.74, 6) is 0. The van der Waals surface area contributed by atoms with Crippen LogP contribution in [-0.2, 0) is 6.42 Å². The predicted molar refractivity (Wildman–Crippen MR) is 93.9 cm³/mol. The number of aliphatic hydroxyl groups is 1. The van der Waals surface area contributed by atoms with Gasteiger partial charge in [-0.1, -0.05) is 37.6 Å². The molecule has 0 radical (unpaired) electrons. The maximum absolute atomic E-state index is 12.4. The van der Waals surface area contributed by atoms with Crippen molar-refractivity contribution in [3.8, 4) is 0 Å². The van der Waals surface area contributed by atoms with Crippen LogP contribution in [0.25, 0.3) is 0 Å². The molecule has 1 fully saturated rings. The fourth-order valence-electron chi connectivity index (χ4n) is 3.17. The number of nitrogens with one attached hydrogen (secondary N) is 1. The molecule has 1 aromatic carbocycles. The van der Waals surface area contributed by atoms with E-state index >= 15 is 0 Å². The van der Waals surface area contributed by atoms with Crippen molar-refractivity contribution in [2.45, 2.75) is 46.1 Å². The molecule has 23 heavy (non-hydrogen) atoms. The summed E-state index contributed by atoms with van der Waals surface area (Å²) in [7, 11) is 0. The van der Waals surface area contributed by atoms with Crippen LogP contribution < -0.4 is 5.32 Å². The van der Waals surface area contributed by atoms with E-state index in [0.717, 1.165) is 23.4 Å². The van der Waals surface area contributed by atoms with Gasteiger partial charge >= 0.3 is 6.03 Å². The minimum absolute atomic E-state index is 0.0436. The highest BCUT2D eigenvalue weighted by Gasteiger charge is 2.31. The van der Waals surface area contributed by atoms with Crippen LogP contribution in [0.3, 0.4) is 0 Å². The number of amides is 2. The average molecular weight is 339 g/mol. The molecular formula is C18H27ClN2O2. The second-order valence-electron chi connectivity index (χ2n) is 7.30. The standard InChI is InChI=1S/C18H27ClN2O2/c1-13-10-14(4-5-16(13)19)6-8-20-17(23)21-9-7-15(22)11-18(2,3)12-21/h4-5,10,15,22H,6-9,11-12H2,1-3H3,(H,20,23)/t15-/m0/s1. The molecular weight excluding hydrogens is 312 g/mol. The van der Waals surface area contributed by atoms with E-state index in [1.165, 1.54) is 5.56 Å². The van der Waals surface area contributed by atoms with Gasteiger partial charge in [-0.15, -0.1) is 0 Å². The Bertz CT molecular complexity index is 560. The number of carbonyl (C=O) groups is 1. The van der Waals surface area contributed by atoms with Crippen molar-refractivity contribution in [1.29, 1.82) is 0 Å². The van der Waals surface area contributed by atoms with Gasteiger partial charge in [-0.3, -0.25) is 0 Å². The monoisotopic (exact) mass is 338 g/mol. The first-order valence-electron chi connectivity index (χ1n) is 8.23. The molecule has 4 nitrogen and oxygen atoms in total. The Kier molecular flexibility index (Phi) is 5.93. The van der Waals surface area contributed by atoms with Crippen LogP contribution >= 0.6 is 11.6 Å². The van der Waals surface area contributed by atoms with Crippen LogP contribution in [0.5, 0.6) is 0 Å². The van der Waals surface area contributed by atoms with Gasteiger partial charge < -0.3 is 15.3 Å². The van der Waals surface area contributed by atoms with Crippen molar-refractivity contribution in [3.05, 3.63) is 34.3 Å². The van der Waals surface area contributed by atoms with Gasteiger partial charge in [0.1, 0.15) is 0 Å². The van der Waals surface area contributed by atoms with Gasteiger partial charge in [-0.2, -0.15) is 0 Å². The normalized spacial score (nSPS) is 20.9. The molecule has 0 bridgehead atoms. The molecule has 0 spiro atoms. The molecule has 1 saturated heterocycles. The molecule has 1 atom stereocenters. The second kappa shape index (κ2) is 7.54. The van der Waals surface area contributed by atoms with Crippen molar-refractivity contribution in [1.82, 2.24) is 10.2 Å². The Morgan fingerprint density at radius 2 is 2.22 bits per heavy atom. The van der Waals surface area contributed by atoms with Crippen LogP contribution in [0.15, 0.2) is 18.2 Å². The van der Waals surface area contributed by atoms with E-state index in [1.807, 2.05) is 24.0 Å². The Labute approximate surface area is 143 Å². The number of benzene rings is 1. The molecule has 1 aliphatic rings. The number of halogens is 1. The van der Waals surface area contributed by atoms with Gasteiger partial charge in [0.2, 0.25) is 0 Å². The maximum atomic E-state index is 12.4. The Morgan fingerprint density at radius 3 is 2.91 bits per heavy atom. The summed E-state index contributed by atoms with van der Waals surface area (Å²) in [6.45, 7) is 8.05. The van der Waals surface area contributed by atoms with Gasteiger partial charge in [0.05, 0.1) is 6.10 Å². The highest BCUT2D eigenvalue weighted by atomic mass is 35.5. The first-order valence-corrected chi connectivity index (χ1v) is 8.60. The van der Waals surface area contributed by atoms with Crippen LogP contribution in [0.2, 0.25) is 5.02 Å². The molecule has 0 unspecified atom stereocenters. The van der Waals surface area contributed by atoms with Gasteiger partial charge in [0.25, 0.3) is 0 Å². The maximum Gasteiger partial charge on any atom is 0.317 e. The van der Waals surface area contributed by atoms with E-state index in [0.29, 0.717) is 26.1 Å². The highest BCUT2D eigenvalue weighted by molar-refractivity contribution is 6.31. The summed E-state index contributed by atoms with van der Waals surface area (Å²) in [4.78, 5) is 14.2. The molecule has 2 amide bonds. The van der Waals surface area contributed by atoms with Crippen LogP contribution in [0, 0.1) is 12.3 Å². The van der Waals surface area contributed by atoms with E-state index < -0.39 is 0 Å². The molecule has 1 aliphatic heterocycles. The minimum Gasteiger partial charge on any atom is -0.393 e. The Hall–Kier alpha value is -1.26. The number of likely N-dealkylation sites (tertiary alicyclic amines) is 1. The first kappa shape index (κ1) is 18.1. The number of urea groups is 1. The molecule has 0 aliphatic carbocycles. The zero-order valence-corrected chi connectivity index (χ0v) is 15.0. The van der Waals surface area contributed by atoms with E-state index in [4.69, 9.17) is 11.6 Å². The van der Waals surface area contributed by atoms with Gasteiger partial charge in [0, 0.05) is 24.7 Å². The minimum atomic E-state index is -0.320. The van der Waals surface area contributed by atoms with Crippen molar-refractivity contribution in [3.63, 3.8) is 0 Å². The molecule has 1 aromatic rings. The molecule has 0 saturated carbocycles. The molecule has 2 rings (SSSR count). The number of hydrogen-bond acceptors (Lipinski definition) is 2. The average Bonchev–Trinajstić information content (AvgIpc) is 2.60. The van der Waals surface area contributed by atoms with E-state index in [2.05, 4.69) is 25.2 Å². The summed E-state index contributed by atoms with van der Waals surface area (Å²) in [6.07, 6.45) is 1.84. The van der Waals surface area contributed by atoms with Crippen molar-refractivity contribution < 1.29 is 9.90 Å². The zero-order valence-electron chi connectivity index (χ0n) is 14.2. The lowest BCUT2D eigenvalue weighted by atomic mass is 9.87. The fourth-order valence-corrected chi connectivity index (χ4v) is 3.28. The lowest BCUT2D eigenvalue weighted by molar-refractivity contribution is 0.121. The molecule has 2 N–H and O–H groups in total. The predicted octanol–water partition coefficient (Wildman–Crippen LogP) is 3.38. The summed E-state index contributed by atoms with van der Waals surface area (Å²) in [6, 6.07) is 5.90. The lowest BCUT2D eigenvalue weighted by Crippen LogP contribution is -2.44. The third kappa shape index (κ3) is 5.40. The van der Waals surface area contributed by atoms with E-state index in [9.17, 15) is 9.90 Å². The van der Waals surface area contributed by atoms with Crippen molar-refractivity contribution in [2.75, 3.05) is 19.6 Å². The summed E-state index contributed by atoms with van der Waals surface area (Å²) >= 11 is 6.02. The van der Waals surface area contributed by atoms with Crippen LogP contribution in [-0.4, -0.2) is 41.8 Å². The molecule has 128 valence electrons. The number of aryl methyl sites for hydroxylation is 1. The first-order chi connectivity index (χ1) is 10.8. The van der Waals surface area contributed by atoms with Gasteiger partial charge in [-0.25, -0.2) is 4.79 Å².